The Balaban J connectivity index is 1.83. The van der Waals surface area contributed by atoms with Crippen LogP contribution < -0.4 is 5.32 Å². The van der Waals surface area contributed by atoms with Crippen LogP contribution in [0.5, 0.6) is 0 Å². The van der Waals surface area contributed by atoms with Gasteiger partial charge >= 0.3 is 0 Å². The third kappa shape index (κ3) is 4.35. The summed E-state index contributed by atoms with van der Waals surface area (Å²) < 4.78 is 1.64. The van der Waals surface area contributed by atoms with E-state index in [0.29, 0.717) is 13.1 Å². The summed E-state index contributed by atoms with van der Waals surface area (Å²) in [4.78, 5) is 0. The maximum absolute atomic E-state index is 8.82. The summed E-state index contributed by atoms with van der Waals surface area (Å²) >= 11 is 0. The lowest BCUT2D eigenvalue weighted by Crippen LogP contribution is -2.02. The Labute approximate surface area is 119 Å². The molecule has 1 aromatic heterocycles. The monoisotopic (exact) mass is 274 g/mol. The van der Waals surface area contributed by atoms with Crippen LogP contribution in [0.3, 0.4) is 0 Å². The largest absolute Gasteiger partial charge is 0.394 e. The Morgan fingerprint density at radius 2 is 2.05 bits per heavy atom. The van der Waals surface area contributed by atoms with Crippen molar-refractivity contribution in [2.45, 2.75) is 39.3 Å². The summed E-state index contributed by atoms with van der Waals surface area (Å²) in [5, 5.41) is 20.1. The fourth-order valence-corrected chi connectivity index (χ4v) is 1.99. The van der Waals surface area contributed by atoms with Crippen molar-refractivity contribution in [1.82, 2.24) is 15.0 Å². The van der Waals surface area contributed by atoms with E-state index in [4.69, 9.17) is 5.11 Å². The molecular formula is C15H22N4O. The first-order chi connectivity index (χ1) is 9.81. The van der Waals surface area contributed by atoms with Crippen LogP contribution in [0, 0.1) is 0 Å². The van der Waals surface area contributed by atoms with Crippen molar-refractivity contribution in [2.75, 3.05) is 11.9 Å². The van der Waals surface area contributed by atoms with Crippen LogP contribution in [0.4, 0.5) is 5.69 Å². The van der Waals surface area contributed by atoms with Crippen molar-refractivity contribution < 1.29 is 5.11 Å². The number of benzene rings is 1. The lowest BCUT2D eigenvalue weighted by Gasteiger charge is -2.05. The van der Waals surface area contributed by atoms with Crippen LogP contribution in [0.25, 0.3) is 0 Å². The molecule has 0 radical (unpaired) electrons. The van der Waals surface area contributed by atoms with Gasteiger partial charge in [0.2, 0.25) is 0 Å². The van der Waals surface area contributed by atoms with Crippen molar-refractivity contribution >= 4 is 5.69 Å². The van der Waals surface area contributed by atoms with E-state index in [2.05, 4.69) is 46.8 Å². The molecule has 0 unspecified atom stereocenters. The molecule has 0 atom stereocenters. The topological polar surface area (TPSA) is 63.0 Å². The number of aliphatic hydroxyl groups excluding tert-OH is 1. The minimum atomic E-state index is 0.0788. The van der Waals surface area contributed by atoms with Crippen LogP contribution in [-0.2, 0) is 19.5 Å². The zero-order valence-electron chi connectivity index (χ0n) is 11.9. The molecule has 0 aliphatic carbocycles. The summed E-state index contributed by atoms with van der Waals surface area (Å²) in [6, 6.07) is 8.54. The summed E-state index contributed by atoms with van der Waals surface area (Å²) in [5.74, 6) is 0. The Morgan fingerprint density at radius 1 is 1.25 bits per heavy atom. The highest BCUT2D eigenvalue weighted by molar-refractivity contribution is 5.44. The SMILES string of the molecule is CCCCc1ccc(NCc2cn(CCO)nn2)cc1. The summed E-state index contributed by atoms with van der Waals surface area (Å²) in [6.07, 6.45) is 5.45. The molecule has 0 spiro atoms. The Bertz CT molecular complexity index is 507. The molecule has 1 aromatic carbocycles. The predicted octanol–water partition coefficient (Wildman–Crippen LogP) is 2.23. The molecule has 20 heavy (non-hydrogen) atoms. The molecule has 5 heteroatoms. The number of hydrogen-bond acceptors (Lipinski definition) is 4. The number of aryl methyl sites for hydroxylation is 1. The normalized spacial score (nSPS) is 10.7. The smallest absolute Gasteiger partial charge is 0.102 e. The van der Waals surface area contributed by atoms with Gasteiger partial charge in [-0.25, -0.2) is 4.68 Å². The molecule has 2 rings (SSSR count). The van der Waals surface area contributed by atoms with Crippen molar-refractivity contribution in [3.63, 3.8) is 0 Å². The van der Waals surface area contributed by atoms with Gasteiger partial charge in [0.15, 0.2) is 0 Å². The van der Waals surface area contributed by atoms with E-state index < -0.39 is 0 Å². The molecule has 0 saturated carbocycles. The first-order valence-electron chi connectivity index (χ1n) is 7.14. The van der Waals surface area contributed by atoms with Gasteiger partial charge in [-0.2, -0.15) is 0 Å². The highest BCUT2D eigenvalue weighted by Gasteiger charge is 2.00. The molecule has 1 heterocycles. The number of nitrogens with zero attached hydrogens (tertiary/aromatic N) is 3. The van der Waals surface area contributed by atoms with Gasteiger partial charge in [0.25, 0.3) is 0 Å². The lowest BCUT2D eigenvalue weighted by molar-refractivity contribution is 0.268. The number of nitrogens with one attached hydrogen (secondary N) is 1. The van der Waals surface area contributed by atoms with E-state index in [9.17, 15) is 0 Å². The molecule has 0 aliphatic rings. The standard InChI is InChI=1S/C15H22N4O/c1-2-3-4-13-5-7-14(8-6-13)16-11-15-12-19(9-10-20)18-17-15/h5-8,12,16,20H,2-4,9-11H2,1H3. The molecule has 0 fully saturated rings. The number of aromatic nitrogens is 3. The van der Waals surface area contributed by atoms with E-state index in [1.165, 1.54) is 18.4 Å². The maximum Gasteiger partial charge on any atom is 0.102 e. The first-order valence-corrected chi connectivity index (χ1v) is 7.14. The molecule has 0 saturated heterocycles. The van der Waals surface area contributed by atoms with Crippen LogP contribution in [0.1, 0.15) is 31.0 Å². The van der Waals surface area contributed by atoms with Gasteiger partial charge in [-0.15, -0.1) is 5.10 Å². The van der Waals surface area contributed by atoms with Gasteiger partial charge in [-0.3, -0.25) is 0 Å². The number of aliphatic hydroxyl groups is 1. The number of unbranched alkanes of at least 4 members (excludes halogenated alkanes) is 1. The van der Waals surface area contributed by atoms with Crippen LogP contribution in [0.2, 0.25) is 0 Å². The second kappa shape index (κ2) is 7.65. The van der Waals surface area contributed by atoms with E-state index >= 15 is 0 Å². The van der Waals surface area contributed by atoms with E-state index in [1.54, 1.807) is 4.68 Å². The molecule has 0 aliphatic heterocycles. The van der Waals surface area contributed by atoms with Gasteiger partial charge in [0.1, 0.15) is 5.69 Å². The summed E-state index contributed by atoms with van der Waals surface area (Å²) in [6.45, 7) is 3.41. The molecule has 108 valence electrons. The quantitative estimate of drug-likeness (QED) is 0.775. The van der Waals surface area contributed by atoms with Gasteiger partial charge in [-0.05, 0) is 30.5 Å². The fraction of sp³-hybridized carbons (Fsp3) is 0.467. The minimum absolute atomic E-state index is 0.0788. The molecule has 5 nitrogen and oxygen atoms in total. The fourth-order valence-electron chi connectivity index (χ4n) is 1.99. The van der Waals surface area contributed by atoms with Crippen molar-refractivity contribution in [3.05, 3.63) is 41.7 Å². The Morgan fingerprint density at radius 3 is 2.75 bits per heavy atom. The van der Waals surface area contributed by atoms with Gasteiger partial charge in [-0.1, -0.05) is 30.7 Å². The zero-order chi connectivity index (χ0) is 14.2. The highest BCUT2D eigenvalue weighted by Crippen LogP contribution is 2.12. The summed E-state index contributed by atoms with van der Waals surface area (Å²) in [5.41, 5.74) is 3.33. The number of rotatable bonds is 8. The summed E-state index contributed by atoms with van der Waals surface area (Å²) in [7, 11) is 0. The molecule has 2 aromatic rings. The first kappa shape index (κ1) is 14.5. The van der Waals surface area contributed by atoms with Crippen LogP contribution in [0.15, 0.2) is 30.5 Å². The third-order valence-electron chi connectivity index (χ3n) is 3.16. The average Bonchev–Trinajstić information content (AvgIpc) is 2.92. The molecule has 0 amide bonds. The van der Waals surface area contributed by atoms with Crippen molar-refractivity contribution in [1.29, 1.82) is 0 Å². The van der Waals surface area contributed by atoms with Crippen LogP contribution >= 0.6 is 0 Å². The van der Waals surface area contributed by atoms with E-state index in [0.717, 1.165) is 17.8 Å². The van der Waals surface area contributed by atoms with Gasteiger partial charge in [0, 0.05) is 5.69 Å². The van der Waals surface area contributed by atoms with Crippen LogP contribution in [-0.4, -0.2) is 26.7 Å². The Kier molecular flexibility index (Phi) is 5.55. The molecule has 0 bridgehead atoms. The van der Waals surface area contributed by atoms with E-state index in [-0.39, 0.29) is 6.61 Å². The van der Waals surface area contributed by atoms with Crippen molar-refractivity contribution in [2.24, 2.45) is 0 Å². The Hall–Kier alpha value is -1.88. The second-order valence-corrected chi connectivity index (χ2v) is 4.85. The van der Waals surface area contributed by atoms with Gasteiger partial charge < -0.3 is 10.4 Å². The average molecular weight is 274 g/mol. The maximum atomic E-state index is 8.82. The zero-order valence-corrected chi connectivity index (χ0v) is 11.9. The molecular weight excluding hydrogens is 252 g/mol. The predicted molar refractivity (Wildman–Crippen MR) is 79.5 cm³/mol. The highest BCUT2D eigenvalue weighted by atomic mass is 16.3. The number of anilines is 1. The minimum Gasteiger partial charge on any atom is -0.394 e. The second-order valence-electron chi connectivity index (χ2n) is 4.85. The van der Waals surface area contributed by atoms with E-state index in [1.807, 2.05) is 6.20 Å². The number of hydrogen-bond donors (Lipinski definition) is 2. The third-order valence-corrected chi connectivity index (χ3v) is 3.16. The van der Waals surface area contributed by atoms with Gasteiger partial charge in [0.05, 0.1) is 25.9 Å². The van der Waals surface area contributed by atoms with Crippen molar-refractivity contribution in [3.8, 4) is 0 Å². The lowest BCUT2D eigenvalue weighted by atomic mass is 10.1. The molecule has 2 N–H and O–H groups in total.